The van der Waals surface area contributed by atoms with Crippen molar-refractivity contribution in [2.75, 3.05) is 17.9 Å². The first-order chi connectivity index (χ1) is 16.6. The van der Waals surface area contributed by atoms with Gasteiger partial charge in [-0.05, 0) is 35.9 Å². The van der Waals surface area contributed by atoms with Crippen LogP contribution >= 0.6 is 11.6 Å². The minimum absolute atomic E-state index is 0.171. The second-order valence-electron chi connectivity index (χ2n) is 7.36. The normalized spacial score (nSPS) is 11.4. The zero-order chi connectivity index (χ0) is 25.2. The Kier molecular flexibility index (Phi) is 6.72. The highest BCUT2D eigenvalue weighted by Crippen LogP contribution is 2.37. The van der Waals surface area contributed by atoms with Crippen molar-refractivity contribution in [3.05, 3.63) is 77.1 Å². The Labute approximate surface area is 202 Å². The van der Waals surface area contributed by atoms with E-state index in [0.29, 0.717) is 39.2 Å². The summed E-state index contributed by atoms with van der Waals surface area (Å²) in [5, 5.41) is 5.08. The quantitative estimate of drug-likeness (QED) is 0.187. The molecule has 0 atom stereocenters. The molecule has 0 fully saturated rings. The van der Waals surface area contributed by atoms with E-state index < -0.39 is 12.1 Å². The lowest BCUT2D eigenvalue weighted by molar-refractivity contribution is -0.159. The van der Waals surface area contributed by atoms with Crippen LogP contribution in [0.15, 0.2) is 65.2 Å². The summed E-state index contributed by atoms with van der Waals surface area (Å²) < 4.78 is 53.3. The monoisotopic (exact) mass is 505 g/mol. The maximum atomic E-state index is 12.7. The Balaban J connectivity index is 1.49. The Morgan fingerprint density at radius 3 is 2.29 bits per heavy atom. The van der Waals surface area contributed by atoms with Crippen LogP contribution in [0.25, 0.3) is 11.4 Å². The maximum absolute atomic E-state index is 12.7. The number of hydrogen-bond acceptors (Lipinski definition) is 8. The van der Waals surface area contributed by atoms with Crippen molar-refractivity contribution in [1.29, 1.82) is 0 Å². The van der Waals surface area contributed by atoms with Gasteiger partial charge in [0.1, 0.15) is 17.2 Å². The van der Waals surface area contributed by atoms with E-state index in [9.17, 15) is 13.2 Å². The van der Waals surface area contributed by atoms with Crippen molar-refractivity contribution in [2.45, 2.75) is 12.7 Å². The van der Waals surface area contributed by atoms with E-state index in [1.807, 2.05) is 0 Å². The molecule has 0 saturated carbocycles. The van der Waals surface area contributed by atoms with Gasteiger partial charge in [0, 0.05) is 11.6 Å². The molecule has 3 aromatic carbocycles. The molecular weight excluding hydrogens is 487 g/mol. The lowest BCUT2D eigenvalue weighted by atomic mass is 10.1. The molecule has 0 spiro atoms. The van der Waals surface area contributed by atoms with Gasteiger partial charge >= 0.3 is 12.1 Å². The van der Waals surface area contributed by atoms with Crippen molar-refractivity contribution < 1.29 is 27.2 Å². The Morgan fingerprint density at radius 2 is 1.69 bits per heavy atom. The summed E-state index contributed by atoms with van der Waals surface area (Å²) in [6.07, 6.45) is -4.71. The first kappa shape index (κ1) is 24.2. The number of nitrogen functional groups attached to an aromatic ring is 1. The zero-order valence-electron chi connectivity index (χ0n) is 18.2. The van der Waals surface area contributed by atoms with Gasteiger partial charge in [0.25, 0.3) is 0 Å². The topological polar surface area (TPSA) is 113 Å². The third-order valence-electron chi connectivity index (χ3n) is 4.91. The molecule has 4 N–H and O–H groups in total. The lowest BCUT2D eigenvalue weighted by Gasteiger charge is -2.22. The molecule has 8 nitrogen and oxygen atoms in total. The van der Waals surface area contributed by atoms with Crippen molar-refractivity contribution >= 4 is 23.0 Å². The fraction of sp³-hybridized carbons (Fsp3) is 0.130. The average molecular weight is 506 g/mol. The van der Waals surface area contributed by atoms with Crippen molar-refractivity contribution in [3.63, 3.8) is 0 Å². The van der Waals surface area contributed by atoms with Gasteiger partial charge in [0.05, 0.1) is 30.1 Å². The summed E-state index contributed by atoms with van der Waals surface area (Å²) >= 11 is 6.30. The van der Waals surface area contributed by atoms with Gasteiger partial charge in [-0.25, -0.2) is 5.84 Å². The number of nitrogens with zero attached hydrogens (tertiary/aromatic N) is 3. The maximum Gasteiger partial charge on any atom is 0.471 e. The molecule has 35 heavy (non-hydrogen) atoms. The summed E-state index contributed by atoms with van der Waals surface area (Å²) in [4.78, 5) is 3.38. The SMILES string of the molecule is COc1ccc(Oc2cc(N(N)Cc3ccc(-c4noc(C(F)(F)F)n4)cc3)c(N)cc2Cl)cc1. The second kappa shape index (κ2) is 9.72. The van der Waals surface area contributed by atoms with E-state index in [2.05, 4.69) is 14.7 Å². The molecule has 0 amide bonds. The minimum Gasteiger partial charge on any atom is -0.497 e. The summed E-state index contributed by atoms with van der Waals surface area (Å²) in [5.41, 5.74) is 8.03. The van der Waals surface area contributed by atoms with E-state index in [-0.39, 0.29) is 12.4 Å². The first-order valence-corrected chi connectivity index (χ1v) is 10.4. The van der Waals surface area contributed by atoms with E-state index in [0.717, 1.165) is 5.56 Å². The Hall–Kier alpha value is -3.96. The van der Waals surface area contributed by atoms with Crippen molar-refractivity contribution in [3.8, 4) is 28.6 Å². The minimum atomic E-state index is -4.71. The molecule has 0 unspecified atom stereocenters. The second-order valence-corrected chi connectivity index (χ2v) is 7.77. The summed E-state index contributed by atoms with van der Waals surface area (Å²) in [7, 11) is 1.57. The van der Waals surface area contributed by atoms with E-state index in [1.165, 1.54) is 11.1 Å². The number of methoxy groups -OCH3 is 1. The number of halogens is 4. The van der Waals surface area contributed by atoms with E-state index >= 15 is 0 Å². The third kappa shape index (κ3) is 5.58. The van der Waals surface area contributed by atoms with Gasteiger partial charge in [-0.3, -0.25) is 0 Å². The van der Waals surface area contributed by atoms with Crippen LogP contribution < -0.4 is 26.1 Å². The van der Waals surface area contributed by atoms with Crippen LogP contribution in [-0.4, -0.2) is 17.3 Å². The van der Waals surface area contributed by atoms with Gasteiger partial charge in [-0.2, -0.15) is 18.2 Å². The van der Waals surface area contributed by atoms with E-state index in [1.54, 1.807) is 61.7 Å². The van der Waals surface area contributed by atoms with Gasteiger partial charge in [0.2, 0.25) is 5.82 Å². The molecule has 1 aromatic heterocycles. The highest BCUT2D eigenvalue weighted by molar-refractivity contribution is 6.32. The number of aromatic nitrogens is 2. The largest absolute Gasteiger partial charge is 0.497 e. The fourth-order valence-electron chi connectivity index (χ4n) is 3.15. The number of anilines is 2. The number of nitrogens with two attached hydrogens (primary N) is 2. The zero-order valence-corrected chi connectivity index (χ0v) is 19.0. The number of hydrazine groups is 1. The van der Waals surface area contributed by atoms with Crippen LogP contribution in [0.5, 0.6) is 17.2 Å². The Morgan fingerprint density at radius 1 is 1.03 bits per heavy atom. The number of alkyl halides is 3. The molecule has 0 saturated heterocycles. The smallest absolute Gasteiger partial charge is 0.471 e. The predicted octanol–water partition coefficient (Wildman–Crippen LogP) is 5.67. The van der Waals surface area contributed by atoms with Crippen LogP contribution in [-0.2, 0) is 12.7 Å². The first-order valence-electron chi connectivity index (χ1n) is 10.1. The molecule has 0 aliphatic rings. The van der Waals surface area contributed by atoms with Gasteiger partial charge in [-0.1, -0.05) is 41.0 Å². The molecule has 4 aromatic rings. The Bertz CT molecular complexity index is 1310. The highest BCUT2D eigenvalue weighted by atomic mass is 35.5. The molecule has 0 aliphatic heterocycles. The number of rotatable bonds is 7. The number of hydrogen-bond donors (Lipinski definition) is 2. The van der Waals surface area contributed by atoms with Crippen LogP contribution in [0.3, 0.4) is 0 Å². The van der Waals surface area contributed by atoms with Gasteiger partial charge < -0.3 is 24.7 Å². The molecule has 0 bridgehead atoms. The summed E-state index contributed by atoms with van der Waals surface area (Å²) in [5.74, 6) is 6.25. The van der Waals surface area contributed by atoms with Crippen LogP contribution in [0.4, 0.5) is 24.5 Å². The molecule has 1 heterocycles. The summed E-state index contributed by atoms with van der Waals surface area (Å²) in [6.45, 7) is 0.230. The molecule has 182 valence electrons. The predicted molar refractivity (Wildman–Crippen MR) is 124 cm³/mol. The number of benzene rings is 3. The fourth-order valence-corrected chi connectivity index (χ4v) is 3.36. The van der Waals surface area contributed by atoms with Crippen molar-refractivity contribution in [1.82, 2.24) is 10.1 Å². The lowest BCUT2D eigenvalue weighted by Crippen LogP contribution is -2.30. The third-order valence-corrected chi connectivity index (χ3v) is 5.21. The van der Waals surface area contributed by atoms with E-state index in [4.69, 9.17) is 32.7 Å². The molecular formula is C23H19ClF3N5O3. The average Bonchev–Trinajstić information content (AvgIpc) is 3.33. The van der Waals surface area contributed by atoms with Gasteiger partial charge in [0.15, 0.2) is 0 Å². The number of ether oxygens (including phenoxy) is 2. The van der Waals surface area contributed by atoms with Gasteiger partial charge in [-0.15, -0.1) is 0 Å². The van der Waals surface area contributed by atoms with Crippen LogP contribution in [0.2, 0.25) is 5.02 Å². The van der Waals surface area contributed by atoms with Crippen molar-refractivity contribution in [2.24, 2.45) is 5.84 Å². The van der Waals surface area contributed by atoms with Crippen LogP contribution in [0.1, 0.15) is 11.5 Å². The molecule has 0 radical (unpaired) electrons. The molecule has 0 aliphatic carbocycles. The standard InChI is InChI=1S/C23H19ClF3N5O3/c1-33-15-6-8-16(9-7-15)34-20-11-19(18(28)10-17(20)24)32(29)12-13-2-4-14(5-3-13)21-30-22(35-31-21)23(25,26)27/h2-11H,12,28-29H2,1H3. The summed E-state index contributed by atoms with van der Waals surface area (Å²) in [6, 6.07) is 16.6. The highest BCUT2D eigenvalue weighted by Gasteiger charge is 2.38. The van der Waals surface area contributed by atoms with Crippen LogP contribution in [0, 0.1) is 0 Å². The molecule has 4 rings (SSSR count). The molecule has 12 heteroatoms.